The summed E-state index contributed by atoms with van der Waals surface area (Å²) in [5.41, 5.74) is 11.5. The fourth-order valence-electron chi connectivity index (χ4n) is 8.35. The Balaban J connectivity index is 1.35. The van der Waals surface area contributed by atoms with E-state index in [4.69, 9.17) is 0 Å². The molecule has 0 N–H and O–H groups in total. The van der Waals surface area contributed by atoms with Crippen molar-refractivity contribution in [3.63, 3.8) is 0 Å². The first kappa shape index (κ1) is 23.8. The van der Waals surface area contributed by atoms with Crippen LogP contribution in [-0.2, 0) is 5.41 Å². The number of pyridine rings is 1. The van der Waals surface area contributed by atoms with Gasteiger partial charge in [-0.25, -0.2) is 0 Å². The third kappa shape index (κ3) is 2.79. The smallest absolute Gasteiger partial charge is 0.263 e. The van der Waals surface area contributed by atoms with Gasteiger partial charge in [-0.3, -0.25) is 9.36 Å². The summed E-state index contributed by atoms with van der Waals surface area (Å²) in [6, 6.07) is 54.0. The zero-order chi connectivity index (χ0) is 29.0. The van der Waals surface area contributed by atoms with E-state index in [1.807, 2.05) is 41.0 Å². The van der Waals surface area contributed by atoms with Crippen LogP contribution >= 0.6 is 0 Å². The van der Waals surface area contributed by atoms with Gasteiger partial charge < -0.3 is 0 Å². The van der Waals surface area contributed by atoms with Crippen molar-refractivity contribution in [3.05, 3.63) is 184 Å². The largest absolute Gasteiger partial charge is 0.276 e. The van der Waals surface area contributed by atoms with Crippen LogP contribution in [0.3, 0.4) is 0 Å². The molecule has 1 aromatic heterocycles. The van der Waals surface area contributed by atoms with Crippen molar-refractivity contribution < 1.29 is 0 Å². The molecule has 2 nitrogen and oxygen atoms in total. The first-order valence-electron chi connectivity index (χ1n) is 15.2. The second-order valence-corrected chi connectivity index (χ2v) is 12.0. The number of rotatable bonds is 1. The van der Waals surface area contributed by atoms with Gasteiger partial charge in [-0.1, -0.05) is 127 Å². The molecule has 2 heteroatoms. The molecule has 0 bridgehead atoms. The Morgan fingerprint density at radius 3 is 1.80 bits per heavy atom. The van der Waals surface area contributed by atoms with Gasteiger partial charge in [0, 0.05) is 16.5 Å². The minimum absolute atomic E-state index is 0.00181. The van der Waals surface area contributed by atoms with E-state index in [0.717, 1.165) is 27.4 Å². The average molecular weight is 560 g/mol. The summed E-state index contributed by atoms with van der Waals surface area (Å²) in [5, 5.41) is 5.36. The number of aromatic nitrogens is 1. The lowest BCUT2D eigenvalue weighted by Crippen LogP contribution is -2.31. The maximum absolute atomic E-state index is 14.2. The van der Waals surface area contributed by atoms with Gasteiger partial charge >= 0.3 is 0 Å². The van der Waals surface area contributed by atoms with Crippen LogP contribution in [0.25, 0.3) is 60.4 Å². The zero-order valence-electron chi connectivity index (χ0n) is 23.8. The minimum Gasteiger partial charge on any atom is -0.276 e. The van der Waals surface area contributed by atoms with Crippen molar-refractivity contribution in [2.24, 2.45) is 0 Å². The molecule has 0 saturated heterocycles. The molecule has 1 atom stereocenters. The Hall–Kier alpha value is -5.73. The van der Waals surface area contributed by atoms with Crippen LogP contribution in [-0.4, -0.2) is 4.57 Å². The fourth-order valence-corrected chi connectivity index (χ4v) is 8.35. The quantitative estimate of drug-likeness (QED) is 0.184. The molecular weight excluding hydrogens is 534 g/mol. The zero-order valence-corrected chi connectivity index (χ0v) is 23.8. The lowest BCUT2D eigenvalue weighted by Gasteiger charge is -2.40. The summed E-state index contributed by atoms with van der Waals surface area (Å²) in [4.78, 5) is 14.2. The molecule has 0 radical (unpaired) electrons. The molecule has 0 amide bonds. The van der Waals surface area contributed by atoms with E-state index in [0.29, 0.717) is 0 Å². The Labute approximate surface area is 254 Å². The van der Waals surface area contributed by atoms with Crippen molar-refractivity contribution in [1.29, 1.82) is 0 Å². The van der Waals surface area contributed by atoms with E-state index in [2.05, 4.69) is 115 Å². The van der Waals surface area contributed by atoms with Gasteiger partial charge in [-0.2, -0.15) is 0 Å². The van der Waals surface area contributed by atoms with Crippen LogP contribution in [0.1, 0.15) is 22.3 Å². The number of fused-ring (bicyclic) bond motifs is 12. The van der Waals surface area contributed by atoms with E-state index >= 15 is 0 Å². The molecular formula is C42H25NO. The van der Waals surface area contributed by atoms with E-state index in [1.165, 1.54) is 55.3 Å². The number of hydrogen-bond donors (Lipinski definition) is 0. The number of hydrogen-bond acceptors (Lipinski definition) is 1. The minimum atomic E-state index is -0.467. The summed E-state index contributed by atoms with van der Waals surface area (Å²) < 4.78 is 1.90. The van der Waals surface area contributed by atoms with Crippen LogP contribution in [0.2, 0.25) is 0 Å². The number of nitrogens with zero attached hydrogens (tertiary/aromatic N) is 1. The summed E-state index contributed by atoms with van der Waals surface area (Å²) in [7, 11) is 0. The molecule has 0 fully saturated rings. The normalized spacial score (nSPS) is 15.9. The molecule has 204 valence electrons. The summed E-state index contributed by atoms with van der Waals surface area (Å²) in [6.45, 7) is 0. The molecule has 1 spiro atoms. The highest BCUT2D eigenvalue weighted by Gasteiger charge is 2.50. The van der Waals surface area contributed by atoms with Crippen molar-refractivity contribution in [1.82, 2.24) is 4.57 Å². The van der Waals surface area contributed by atoms with Gasteiger partial charge in [0.25, 0.3) is 5.56 Å². The van der Waals surface area contributed by atoms with Crippen LogP contribution in [0.15, 0.2) is 156 Å². The highest BCUT2D eigenvalue weighted by Crippen LogP contribution is 2.61. The van der Waals surface area contributed by atoms with Crippen LogP contribution in [0, 0.1) is 0 Å². The highest BCUT2D eigenvalue weighted by molar-refractivity contribution is 6.08. The summed E-state index contributed by atoms with van der Waals surface area (Å²) in [5.74, 6) is 0. The maximum Gasteiger partial charge on any atom is 0.263 e. The second-order valence-electron chi connectivity index (χ2n) is 12.0. The van der Waals surface area contributed by atoms with E-state index < -0.39 is 5.41 Å². The van der Waals surface area contributed by atoms with E-state index in [-0.39, 0.29) is 5.56 Å². The Bertz CT molecular complexity index is 2580. The third-order valence-electron chi connectivity index (χ3n) is 10.0. The molecule has 2 aliphatic carbocycles. The van der Waals surface area contributed by atoms with Gasteiger partial charge in [-0.15, -0.1) is 0 Å². The lowest BCUT2D eigenvalue weighted by atomic mass is 9.61. The van der Waals surface area contributed by atoms with Crippen molar-refractivity contribution in [2.75, 3.05) is 0 Å². The summed E-state index contributed by atoms with van der Waals surface area (Å²) in [6.07, 6.45) is 0. The lowest BCUT2D eigenvalue weighted by molar-refractivity contribution is 0.773. The predicted molar refractivity (Wildman–Crippen MR) is 181 cm³/mol. The first-order valence-corrected chi connectivity index (χ1v) is 15.2. The fraction of sp³-hybridized carbons (Fsp3) is 0.0238. The Morgan fingerprint density at radius 1 is 0.432 bits per heavy atom. The van der Waals surface area contributed by atoms with Gasteiger partial charge in [0.1, 0.15) is 0 Å². The standard InChI is InChI=1S/C42H25NO/c44-41-33-17-2-1-13-28(33)31-16-5-8-22-39(31)43(41)27-23-24-37-34(25-27)30-15-4-7-20-36(30)42(37)35-19-6-3-14-29(35)32-18-9-11-26-12-10-21-38(42)40(26)32/h1-25H. The number of para-hydroxylation sites is 1. The van der Waals surface area contributed by atoms with Gasteiger partial charge in [-0.05, 0) is 84.9 Å². The second kappa shape index (κ2) is 8.43. The third-order valence-corrected chi connectivity index (χ3v) is 10.0. The number of benzene rings is 7. The monoisotopic (exact) mass is 559 g/mol. The Kier molecular flexibility index (Phi) is 4.56. The molecule has 10 rings (SSSR count). The first-order chi connectivity index (χ1) is 21.8. The van der Waals surface area contributed by atoms with Crippen molar-refractivity contribution in [2.45, 2.75) is 5.41 Å². The highest BCUT2D eigenvalue weighted by atomic mass is 16.1. The molecule has 7 aromatic carbocycles. The van der Waals surface area contributed by atoms with Crippen molar-refractivity contribution >= 4 is 32.4 Å². The van der Waals surface area contributed by atoms with E-state index in [9.17, 15) is 4.79 Å². The van der Waals surface area contributed by atoms with Crippen LogP contribution < -0.4 is 5.56 Å². The van der Waals surface area contributed by atoms with Crippen LogP contribution in [0.4, 0.5) is 0 Å². The maximum atomic E-state index is 14.2. The van der Waals surface area contributed by atoms with Gasteiger partial charge in [0.05, 0.1) is 10.9 Å². The van der Waals surface area contributed by atoms with Crippen LogP contribution in [0.5, 0.6) is 0 Å². The summed E-state index contributed by atoms with van der Waals surface area (Å²) >= 11 is 0. The molecule has 0 aliphatic heterocycles. The average Bonchev–Trinajstić information content (AvgIpc) is 3.37. The van der Waals surface area contributed by atoms with Gasteiger partial charge in [0.2, 0.25) is 0 Å². The SMILES string of the molecule is O=c1c2ccccc2c2ccccc2n1-c1ccc2c(c1)-c1ccccc1C21c2ccccc2-c2cccc3cccc1c23. The molecule has 1 heterocycles. The molecule has 44 heavy (non-hydrogen) atoms. The predicted octanol–water partition coefficient (Wildman–Crippen LogP) is 9.64. The molecule has 0 saturated carbocycles. The molecule has 1 unspecified atom stereocenters. The van der Waals surface area contributed by atoms with E-state index in [1.54, 1.807) is 0 Å². The van der Waals surface area contributed by atoms with Gasteiger partial charge in [0.15, 0.2) is 0 Å². The molecule has 8 aromatic rings. The topological polar surface area (TPSA) is 22.0 Å². The Morgan fingerprint density at radius 2 is 1.00 bits per heavy atom. The molecule has 2 aliphatic rings. The van der Waals surface area contributed by atoms with Crippen molar-refractivity contribution in [3.8, 4) is 27.9 Å².